The summed E-state index contributed by atoms with van der Waals surface area (Å²) in [4.78, 5) is 13.4. The third-order valence-corrected chi connectivity index (χ3v) is 9.59. The van der Waals surface area contributed by atoms with Crippen LogP contribution in [0.1, 0.15) is 161 Å². The molecule has 0 spiro atoms. The van der Waals surface area contributed by atoms with E-state index in [0.29, 0.717) is 17.6 Å². The van der Waals surface area contributed by atoms with Crippen LogP contribution in [0.2, 0.25) is 0 Å². The first-order valence-corrected chi connectivity index (χ1v) is 17.1. The average Bonchev–Trinajstić information content (AvgIpc) is 2.77. The summed E-state index contributed by atoms with van der Waals surface area (Å²) in [5, 5.41) is 0. The number of Topliss-reactive ketones (excluding diaryl/α,β-unsaturated/α-hetero) is 1. The van der Waals surface area contributed by atoms with Gasteiger partial charge in [0.2, 0.25) is 0 Å². The summed E-state index contributed by atoms with van der Waals surface area (Å²) >= 11 is 0. The van der Waals surface area contributed by atoms with E-state index in [4.69, 9.17) is 0 Å². The topological polar surface area (TPSA) is 17.1 Å². The van der Waals surface area contributed by atoms with Crippen LogP contribution in [0.15, 0.2) is 0 Å². The second-order valence-corrected chi connectivity index (χ2v) is 16.0. The Balaban J connectivity index is 4.73. The molecule has 1 nitrogen and oxygen atoms in total. The minimum Gasteiger partial charge on any atom is -0.299 e. The molecule has 0 fully saturated rings. The zero-order chi connectivity index (χ0) is 29.6. The molecule has 8 unspecified atom stereocenters. The average molecular weight is 535 g/mol. The molecule has 38 heavy (non-hydrogen) atoms. The van der Waals surface area contributed by atoms with Crippen LogP contribution in [0, 0.1) is 71.0 Å². The normalized spacial score (nSPS) is 19.0. The molecule has 0 saturated carbocycles. The fraction of sp³-hybridized carbons (Fsp3) is 0.973. The van der Waals surface area contributed by atoms with E-state index >= 15 is 0 Å². The smallest absolute Gasteiger partial charge is 0.138 e. The van der Waals surface area contributed by atoms with Crippen molar-refractivity contribution in [3.63, 3.8) is 0 Å². The van der Waals surface area contributed by atoms with Crippen molar-refractivity contribution in [1.82, 2.24) is 0 Å². The molecule has 0 bridgehead atoms. The quantitative estimate of drug-likeness (QED) is 0.135. The van der Waals surface area contributed by atoms with Gasteiger partial charge in [-0.05, 0) is 111 Å². The van der Waals surface area contributed by atoms with Gasteiger partial charge in [0.1, 0.15) is 5.78 Å². The molecule has 0 heterocycles. The summed E-state index contributed by atoms with van der Waals surface area (Å²) in [6.07, 6.45) is 12.8. The zero-order valence-electron chi connectivity index (χ0n) is 28.9. The molecule has 228 valence electrons. The number of hydrogen-bond acceptors (Lipinski definition) is 1. The Morgan fingerprint density at radius 3 is 0.974 bits per heavy atom. The lowest BCUT2D eigenvalue weighted by Crippen LogP contribution is -2.25. The van der Waals surface area contributed by atoms with Gasteiger partial charge in [-0.1, -0.05) is 110 Å². The van der Waals surface area contributed by atoms with E-state index in [0.717, 1.165) is 60.2 Å². The second kappa shape index (κ2) is 19.7. The van der Waals surface area contributed by atoms with Gasteiger partial charge in [0.25, 0.3) is 0 Å². The van der Waals surface area contributed by atoms with E-state index < -0.39 is 0 Å². The van der Waals surface area contributed by atoms with Crippen LogP contribution in [0.4, 0.5) is 0 Å². The Morgan fingerprint density at radius 2 is 0.711 bits per heavy atom. The molecule has 0 amide bonds. The number of carbonyl (C=O) groups is 1. The van der Waals surface area contributed by atoms with Gasteiger partial charge in [0.15, 0.2) is 0 Å². The largest absolute Gasteiger partial charge is 0.299 e. The summed E-state index contributed by atoms with van der Waals surface area (Å²) in [5.74, 6) is 8.45. The van der Waals surface area contributed by atoms with Gasteiger partial charge in [-0.2, -0.15) is 0 Å². The minimum atomic E-state index is 0.192. The van der Waals surface area contributed by atoms with E-state index in [1.807, 2.05) is 0 Å². The molecule has 0 rings (SSSR count). The van der Waals surface area contributed by atoms with E-state index in [1.54, 1.807) is 0 Å². The first kappa shape index (κ1) is 37.7. The van der Waals surface area contributed by atoms with Crippen LogP contribution in [0.3, 0.4) is 0 Å². The molecule has 1 heteroatoms. The lowest BCUT2D eigenvalue weighted by atomic mass is 9.76. The van der Waals surface area contributed by atoms with Crippen molar-refractivity contribution in [2.45, 2.75) is 161 Å². The monoisotopic (exact) mass is 535 g/mol. The lowest BCUT2D eigenvalue weighted by molar-refractivity contribution is -0.126. The van der Waals surface area contributed by atoms with Gasteiger partial charge < -0.3 is 0 Å². The van der Waals surface area contributed by atoms with Crippen LogP contribution in [-0.2, 0) is 4.79 Å². The maximum atomic E-state index is 13.4. The van der Waals surface area contributed by atoms with Crippen LogP contribution >= 0.6 is 0 Å². The Labute approximate surface area is 242 Å². The molecule has 0 N–H and O–H groups in total. The van der Waals surface area contributed by atoms with Crippen molar-refractivity contribution in [3.8, 4) is 0 Å². The fourth-order valence-corrected chi connectivity index (χ4v) is 7.44. The maximum Gasteiger partial charge on any atom is 0.138 e. The first-order valence-electron chi connectivity index (χ1n) is 17.1. The fourth-order valence-electron chi connectivity index (χ4n) is 7.44. The van der Waals surface area contributed by atoms with Crippen molar-refractivity contribution < 1.29 is 4.79 Å². The highest BCUT2D eigenvalue weighted by Gasteiger charge is 2.27. The van der Waals surface area contributed by atoms with Gasteiger partial charge in [0, 0.05) is 11.8 Å². The zero-order valence-corrected chi connectivity index (χ0v) is 28.9. The summed E-state index contributed by atoms with van der Waals surface area (Å²) in [6, 6.07) is 0. The Bertz CT molecular complexity index is 538. The van der Waals surface area contributed by atoms with E-state index in [2.05, 4.69) is 96.9 Å². The Morgan fingerprint density at radius 1 is 0.395 bits per heavy atom. The minimum absolute atomic E-state index is 0.192. The molecule has 0 saturated heterocycles. The Hall–Kier alpha value is -0.330. The highest BCUT2D eigenvalue weighted by Crippen LogP contribution is 2.33. The molecule has 8 atom stereocenters. The number of rotatable bonds is 22. The molecular weight excluding hydrogens is 460 g/mol. The van der Waals surface area contributed by atoms with E-state index in [9.17, 15) is 4.79 Å². The molecule has 0 aromatic heterocycles. The predicted molar refractivity (Wildman–Crippen MR) is 172 cm³/mol. The van der Waals surface area contributed by atoms with E-state index in [-0.39, 0.29) is 11.8 Å². The Kier molecular flexibility index (Phi) is 19.5. The highest BCUT2D eigenvalue weighted by molar-refractivity contribution is 5.82. The molecule has 0 aliphatic heterocycles. The van der Waals surface area contributed by atoms with Gasteiger partial charge in [0.05, 0.1) is 0 Å². The molecule has 0 aliphatic rings. The van der Waals surface area contributed by atoms with Crippen molar-refractivity contribution in [2.75, 3.05) is 0 Å². The van der Waals surface area contributed by atoms with Crippen LogP contribution in [0.25, 0.3) is 0 Å². The molecule has 0 radical (unpaired) electrons. The molecule has 0 aliphatic carbocycles. The number of hydrogen-bond donors (Lipinski definition) is 0. The molecule has 0 aromatic rings. The summed E-state index contributed by atoms with van der Waals surface area (Å²) in [5.41, 5.74) is 0. The SMILES string of the molecule is CC(C)CC(C)CCC(CC(C)CC(C)C(=O)C(C)CC(C)CC(CCC(C)CC(C)C)C(C)C)C(C)C. The van der Waals surface area contributed by atoms with Crippen LogP contribution < -0.4 is 0 Å². The third kappa shape index (κ3) is 17.4. The van der Waals surface area contributed by atoms with Gasteiger partial charge >= 0.3 is 0 Å². The number of ketones is 1. The molecular formula is C37H74O. The van der Waals surface area contributed by atoms with Crippen LogP contribution in [0.5, 0.6) is 0 Å². The van der Waals surface area contributed by atoms with Crippen molar-refractivity contribution in [3.05, 3.63) is 0 Å². The first-order chi connectivity index (χ1) is 17.5. The summed E-state index contributed by atoms with van der Waals surface area (Å²) in [7, 11) is 0. The van der Waals surface area contributed by atoms with Gasteiger partial charge in [-0.15, -0.1) is 0 Å². The predicted octanol–water partition coefficient (Wildman–Crippen LogP) is 12.1. The van der Waals surface area contributed by atoms with Crippen LogP contribution in [-0.4, -0.2) is 5.78 Å². The lowest BCUT2D eigenvalue weighted by Gasteiger charge is -2.29. The second-order valence-electron chi connectivity index (χ2n) is 16.0. The maximum absolute atomic E-state index is 13.4. The van der Waals surface area contributed by atoms with Gasteiger partial charge in [-0.3, -0.25) is 4.79 Å². The van der Waals surface area contributed by atoms with Gasteiger partial charge in [-0.25, -0.2) is 0 Å². The van der Waals surface area contributed by atoms with E-state index in [1.165, 1.54) is 51.4 Å². The standard InChI is InChI=1S/C37H74O/c1-25(2)19-29(9)15-17-35(27(5)6)23-31(11)21-33(13)37(38)34(14)22-32(12)24-36(28(7)8)18-16-30(10)20-26(3)4/h25-36H,15-24H2,1-14H3. The van der Waals surface area contributed by atoms with Crippen molar-refractivity contribution in [1.29, 1.82) is 0 Å². The molecule has 0 aromatic carbocycles. The summed E-state index contributed by atoms with van der Waals surface area (Å²) < 4.78 is 0. The summed E-state index contributed by atoms with van der Waals surface area (Å²) in [6.45, 7) is 33.1. The number of carbonyl (C=O) groups excluding carboxylic acids is 1. The highest BCUT2D eigenvalue weighted by atomic mass is 16.1. The van der Waals surface area contributed by atoms with Crippen molar-refractivity contribution in [2.24, 2.45) is 71.0 Å². The van der Waals surface area contributed by atoms with Crippen molar-refractivity contribution >= 4 is 5.78 Å². The third-order valence-electron chi connectivity index (χ3n) is 9.59.